The van der Waals surface area contributed by atoms with Crippen LogP contribution in [-0.2, 0) is 13.1 Å². The van der Waals surface area contributed by atoms with Gasteiger partial charge in [0.25, 0.3) is 0 Å². The molecule has 1 aliphatic rings. The van der Waals surface area contributed by atoms with E-state index in [1.54, 1.807) is 6.20 Å². The fraction of sp³-hybridized carbons (Fsp3) is 0.615. The summed E-state index contributed by atoms with van der Waals surface area (Å²) < 4.78 is 7.17. The van der Waals surface area contributed by atoms with Crippen LogP contribution in [0.1, 0.15) is 43.8 Å². The van der Waals surface area contributed by atoms with E-state index in [4.69, 9.17) is 4.52 Å². The summed E-state index contributed by atoms with van der Waals surface area (Å²) in [5, 5.41) is 11.6. The normalized spacial score (nSPS) is 16.7. The Balaban J connectivity index is 1.40. The fourth-order valence-electron chi connectivity index (χ4n) is 1.97. The van der Waals surface area contributed by atoms with Gasteiger partial charge in [-0.2, -0.15) is 10.1 Å². The monoisotopic (exact) mass is 261 g/mol. The Hall–Kier alpha value is -1.69. The Morgan fingerprint density at radius 2 is 2.42 bits per heavy atom. The molecule has 102 valence electrons. The van der Waals surface area contributed by atoms with Crippen molar-refractivity contribution < 1.29 is 4.52 Å². The van der Waals surface area contributed by atoms with Crippen LogP contribution >= 0.6 is 0 Å². The molecule has 0 amide bonds. The quantitative estimate of drug-likeness (QED) is 0.821. The van der Waals surface area contributed by atoms with Crippen molar-refractivity contribution in [2.45, 2.75) is 51.2 Å². The van der Waals surface area contributed by atoms with E-state index in [1.807, 2.05) is 16.9 Å². The van der Waals surface area contributed by atoms with Crippen LogP contribution in [-0.4, -0.2) is 26.0 Å². The van der Waals surface area contributed by atoms with E-state index >= 15 is 0 Å². The van der Waals surface area contributed by atoms with Crippen molar-refractivity contribution in [3.8, 4) is 0 Å². The minimum absolute atomic E-state index is 0.389. The number of hydrogen-bond acceptors (Lipinski definition) is 5. The largest absolute Gasteiger partial charge is 0.338 e. The van der Waals surface area contributed by atoms with Crippen molar-refractivity contribution in [3.63, 3.8) is 0 Å². The molecule has 2 heterocycles. The summed E-state index contributed by atoms with van der Waals surface area (Å²) in [5.74, 6) is 2.11. The van der Waals surface area contributed by atoms with Crippen molar-refractivity contribution in [2.24, 2.45) is 0 Å². The first-order valence-electron chi connectivity index (χ1n) is 6.84. The van der Waals surface area contributed by atoms with Crippen molar-refractivity contribution in [3.05, 3.63) is 30.2 Å². The molecular formula is C13H19N5O. The minimum atomic E-state index is 0.389. The van der Waals surface area contributed by atoms with E-state index in [1.165, 1.54) is 12.8 Å². The average Bonchev–Trinajstić information content (AvgIpc) is 2.95. The van der Waals surface area contributed by atoms with Crippen LogP contribution < -0.4 is 5.32 Å². The summed E-state index contributed by atoms with van der Waals surface area (Å²) in [6.07, 6.45) is 7.20. The fourth-order valence-corrected chi connectivity index (χ4v) is 1.97. The predicted molar refractivity (Wildman–Crippen MR) is 69.4 cm³/mol. The third-order valence-corrected chi connectivity index (χ3v) is 3.38. The van der Waals surface area contributed by atoms with Gasteiger partial charge in [-0.05, 0) is 32.3 Å². The van der Waals surface area contributed by atoms with E-state index in [0.29, 0.717) is 24.4 Å². The Morgan fingerprint density at radius 3 is 3.16 bits per heavy atom. The van der Waals surface area contributed by atoms with E-state index < -0.39 is 0 Å². The lowest BCUT2D eigenvalue weighted by Crippen LogP contribution is -2.27. The van der Waals surface area contributed by atoms with Gasteiger partial charge in [0.05, 0.1) is 6.54 Å². The maximum Gasteiger partial charge on any atom is 0.240 e. The zero-order chi connectivity index (χ0) is 13.1. The highest BCUT2D eigenvalue weighted by molar-refractivity contribution is 5.03. The third kappa shape index (κ3) is 3.41. The van der Waals surface area contributed by atoms with Gasteiger partial charge in [-0.1, -0.05) is 5.16 Å². The number of aryl methyl sites for hydroxylation is 1. The molecule has 3 rings (SSSR count). The third-order valence-electron chi connectivity index (χ3n) is 3.38. The molecule has 1 atom stereocenters. The highest BCUT2D eigenvalue weighted by Crippen LogP contribution is 2.37. The molecule has 0 aliphatic heterocycles. The first-order chi connectivity index (χ1) is 9.31. The van der Waals surface area contributed by atoms with Gasteiger partial charge < -0.3 is 9.84 Å². The molecule has 1 saturated carbocycles. The Morgan fingerprint density at radius 1 is 1.53 bits per heavy atom. The summed E-state index contributed by atoms with van der Waals surface area (Å²) in [4.78, 5) is 4.40. The second-order valence-electron chi connectivity index (χ2n) is 5.16. The van der Waals surface area contributed by atoms with Gasteiger partial charge in [-0.25, -0.2) is 0 Å². The van der Waals surface area contributed by atoms with Gasteiger partial charge in [0.15, 0.2) is 5.82 Å². The van der Waals surface area contributed by atoms with E-state index in [2.05, 4.69) is 27.5 Å². The molecule has 19 heavy (non-hydrogen) atoms. The first kappa shape index (κ1) is 12.3. The maximum atomic E-state index is 5.23. The number of nitrogens with zero attached hydrogens (tertiary/aromatic N) is 4. The average molecular weight is 261 g/mol. The molecule has 1 N–H and O–H groups in total. The number of rotatable bonds is 7. The van der Waals surface area contributed by atoms with Gasteiger partial charge in [0.1, 0.15) is 0 Å². The lowest BCUT2D eigenvalue weighted by Gasteiger charge is -2.11. The second-order valence-corrected chi connectivity index (χ2v) is 5.16. The molecule has 6 nitrogen and oxygen atoms in total. The predicted octanol–water partition coefficient (Wildman–Crippen LogP) is 1.71. The van der Waals surface area contributed by atoms with Crippen LogP contribution in [0, 0.1) is 0 Å². The van der Waals surface area contributed by atoms with Crippen molar-refractivity contribution >= 4 is 0 Å². The van der Waals surface area contributed by atoms with Crippen LogP contribution in [0.4, 0.5) is 0 Å². The zero-order valence-corrected chi connectivity index (χ0v) is 11.1. The van der Waals surface area contributed by atoms with E-state index in [9.17, 15) is 0 Å². The highest BCUT2D eigenvalue weighted by Gasteiger charge is 2.28. The summed E-state index contributed by atoms with van der Waals surface area (Å²) in [5.41, 5.74) is 0. The van der Waals surface area contributed by atoms with Crippen LogP contribution in [0.2, 0.25) is 0 Å². The van der Waals surface area contributed by atoms with Crippen LogP contribution in [0.5, 0.6) is 0 Å². The number of nitrogens with one attached hydrogen (secondary N) is 1. The van der Waals surface area contributed by atoms with Crippen molar-refractivity contribution in [1.29, 1.82) is 0 Å². The summed E-state index contributed by atoms with van der Waals surface area (Å²) in [6, 6.07) is 2.33. The summed E-state index contributed by atoms with van der Waals surface area (Å²) in [6.45, 7) is 3.71. The maximum absolute atomic E-state index is 5.23. The topological polar surface area (TPSA) is 68.8 Å². The molecule has 0 spiro atoms. The minimum Gasteiger partial charge on any atom is -0.338 e. The van der Waals surface area contributed by atoms with Crippen LogP contribution in [0.25, 0.3) is 0 Å². The Bertz CT molecular complexity index is 503. The van der Waals surface area contributed by atoms with Gasteiger partial charge in [0, 0.05) is 30.9 Å². The Labute approximate surface area is 112 Å². The molecule has 0 bridgehead atoms. The molecule has 1 fully saturated rings. The molecule has 0 aromatic carbocycles. The van der Waals surface area contributed by atoms with Gasteiger partial charge >= 0.3 is 0 Å². The van der Waals surface area contributed by atoms with Gasteiger partial charge in [0.2, 0.25) is 5.89 Å². The van der Waals surface area contributed by atoms with E-state index in [0.717, 1.165) is 18.8 Å². The standard InChI is InChI=1S/C13H19N5O/c1-10(5-8-18-7-2-6-15-18)14-9-12-16-13(17-19-12)11-3-4-11/h2,6-7,10-11,14H,3-5,8-9H2,1H3. The smallest absolute Gasteiger partial charge is 0.240 e. The highest BCUT2D eigenvalue weighted by atomic mass is 16.5. The second kappa shape index (κ2) is 5.52. The molecule has 1 unspecified atom stereocenters. The molecule has 0 saturated heterocycles. The molecule has 2 aromatic rings. The molecule has 2 aromatic heterocycles. The molecule has 6 heteroatoms. The van der Waals surface area contributed by atoms with Crippen molar-refractivity contribution in [1.82, 2.24) is 25.2 Å². The lowest BCUT2D eigenvalue weighted by atomic mass is 10.2. The van der Waals surface area contributed by atoms with Gasteiger partial charge in [-0.3, -0.25) is 4.68 Å². The van der Waals surface area contributed by atoms with Crippen molar-refractivity contribution in [2.75, 3.05) is 0 Å². The van der Waals surface area contributed by atoms with Crippen LogP contribution in [0.3, 0.4) is 0 Å². The Kier molecular flexibility index (Phi) is 3.59. The summed E-state index contributed by atoms with van der Waals surface area (Å²) >= 11 is 0. The van der Waals surface area contributed by atoms with Gasteiger partial charge in [-0.15, -0.1) is 0 Å². The molecule has 1 aliphatic carbocycles. The zero-order valence-electron chi connectivity index (χ0n) is 11.1. The lowest BCUT2D eigenvalue weighted by molar-refractivity contribution is 0.349. The number of hydrogen-bond donors (Lipinski definition) is 1. The molecule has 0 radical (unpaired) electrons. The number of aromatic nitrogens is 4. The van der Waals surface area contributed by atoms with Crippen LogP contribution in [0.15, 0.2) is 23.0 Å². The van der Waals surface area contributed by atoms with E-state index in [-0.39, 0.29) is 0 Å². The molecular weight excluding hydrogens is 242 g/mol. The summed E-state index contributed by atoms with van der Waals surface area (Å²) in [7, 11) is 0. The SMILES string of the molecule is CC(CCn1cccn1)NCc1nc(C2CC2)no1. The first-order valence-corrected chi connectivity index (χ1v) is 6.84.